The molecular formula is C37H49N3O3. The van der Waals surface area contributed by atoms with E-state index in [1.807, 2.05) is 43.3 Å². The van der Waals surface area contributed by atoms with Crippen molar-refractivity contribution in [2.45, 2.75) is 116 Å². The number of Topliss-reactive ketones (excluding diaryl/α,β-unsaturated/α-hetero) is 1. The first-order valence-electron chi connectivity index (χ1n) is 15.9. The molecule has 2 aliphatic rings. The molecule has 4 rings (SSSR count). The van der Waals surface area contributed by atoms with E-state index in [1.54, 1.807) is 12.2 Å². The highest BCUT2D eigenvalue weighted by atomic mass is 16.5. The zero-order chi connectivity index (χ0) is 31.3. The number of carbonyl (C=O) groups is 1. The number of likely N-dealkylation sites (tertiary alicyclic amines) is 1. The average molecular weight is 584 g/mol. The van der Waals surface area contributed by atoms with Crippen LogP contribution in [0.15, 0.2) is 72.8 Å². The maximum Gasteiger partial charge on any atom is 0.314 e. The lowest BCUT2D eigenvalue weighted by molar-refractivity contribution is -0.170. The molecule has 0 radical (unpaired) electrons. The van der Waals surface area contributed by atoms with Crippen LogP contribution in [0.3, 0.4) is 0 Å². The van der Waals surface area contributed by atoms with Crippen molar-refractivity contribution in [2.75, 3.05) is 6.54 Å². The molecule has 0 bridgehead atoms. The molecule has 1 aliphatic carbocycles. The number of carbonyl (C=O) groups excluding carboxylic acids is 1. The largest absolute Gasteiger partial charge is 0.489 e. The molecule has 2 unspecified atom stereocenters. The Balaban J connectivity index is 1.78. The van der Waals surface area contributed by atoms with Gasteiger partial charge in [0.15, 0.2) is 5.78 Å². The third-order valence-corrected chi connectivity index (χ3v) is 9.56. The quantitative estimate of drug-likeness (QED) is 0.186. The van der Waals surface area contributed by atoms with Gasteiger partial charge >= 0.3 is 5.71 Å². The van der Waals surface area contributed by atoms with Gasteiger partial charge in [-0.1, -0.05) is 97.0 Å². The number of rotatable bonds is 12. The van der Waals surface area contributed by atoms with Crippen molar-refractivity contribution < 1.29 is 19.1 Å². The molecule has 2 atom stereocenters. The number of allylic oxidation sites excluding steroid dienone is 2. The number of benzene rings is 2. The van der Waals surface area contributed by atoms with Crippen molar-refractivity contribution >= 4 is 11.5 Å². The minimum Gasteiger partial charge on any atom is -0.489 e. The molecule has 1 fully saturated rings. The van der Waals surface area contributed by atoms with Gasteiger partial charge in [-0.3, -0.25) is 4.79 Å². The smallest absolute Gasteiger partial charge is 0.314 e. The van der Waals surface area contributed by atoms with Gasteiger partial charge < -0.3 is 15.0 Å². The van der Waals surface area contributed by atoms with E-state index < -0.39 is 5.72 Å². The topological polar surface area (TPSA) is 75.2 Å². The number of piperidine rings is 1. The Hall–Kier alpha value is -3.47. The molecule has 0 saturated carbocycles. The zero-order valence-corrected chi connectivity index (χ0v) is 27.1. The fourth-order valence-corrected chi connectivity index (χ4v) is 6.08. The van der Waals surface area contributed by atoms with Gasteiger partial charge in [0.25, 0.3) is 0 Å². The summed E-state index contributed by atoms with van der Waals surface area (Å²) in [5.74, 6) is 1.72. The summed E-state index contributed by atoms with van der Waals surface area (Å²) in [6.45, 7) is 15.9. The maximum atomic E-state index is 14.3. The van der Waals surface area contributed by atoms with Gasteiger partial charge in [0, 0.05) is 31.5 Å². The van der Waals surface area contributed by atoms with Crippen LogP contribution in [0.2, 0.25) is 0 Å². The Morgan fingerprint density at radius 3 is 2.05 bits per heavy atom. The lowest BCUT2D eigenvalue weighted by Crippen LogP contribution is -2.66. The monoisotopic (exact) mass is 583 g/mol. The number of ether oxygens (including phenoxy) is 2. The van der Waals surface area contributed by atoms with E-state index in [0.717, 1.165) is 36.3 Å². The number of hydrogen-bond acceptors (Lipinski definition) is 4. The highest BCUT2D eigenvalue weighted by Gasteiger charge is 2.52. The zero-order valence-electron chi connectivity index (χ0n) is 27.1. The highest BCUT2D eigenvalue weighted by Crippen LogP contribution is 2.42. The van der Waals surface area contributed by atoms with Crippen molar-refractivity contribution in [2.24, 2.45) is 0 Å². The van der Waals surface area contributed by atoms with Crippen LogP contribution in [0.25, 0.3) is 5.53 Å². The van der Waals surface area contributed by atoms with E-state index in [9.17, 15) is 10.3 Å². The summed E-state index contributed by atoms with van der Waals surface area (Å²) in [4.78, 5) is 19.8. The van der Waals surface area contributed by atoms with E-state index >= 15 is 0 Å². The van der Waals surface area contributed by atoms with E-state index in [0.29, 0.717) is 31.5 Å². The lowest BCUT2D eigenvalue weighted by Gasteiger charge is -2.50. The second kappa shape index (κ2) is 13.4. The minimum atomic E-state index is -1.18. The molecular weight excluding hydrogens is 534 g/mol. The molecule has 1 aliphatic heterocycles. The van der Waals surface area contributed by atoms with Gasteiger partial charge in [0.1, 0.15) is 17.6 Å². The summed E-state index contributed by atoms with van der Waals surface area (Å²) in [7, 11) is 0. The Labute approximate surface area is 258 Å². The summed E-state index contributed by atoms with van der Waals surface area (Å²) in [5.41, 5.74) is 10.8. The van der Waals surface area contributed by atoms with Gasteiger partial charge in [0.05, 0.1) is 6.04 Å². The SMILES string of the molecule is CCCC(=O)C1(Oc2ccccc2C(C)(C)CC)CCC(Oc2ccccc2C(C)(C)CC)CN1C1C=CC(=[N+]=[N-])C=C1. The van der Waals surface area contributed by atoms with E-state index in [1.165, 1.54) is 5.56 Å². The van der Waals surface area contributed by atoms with Gasteiger partial charge in [-0.25, -0.2) is 4.90 Å². The summed E-state index contributed by atoms with van der Waals surface area (Å²) < 4.78 is 13.9. The van der Waals surface area contributed by atoms with Crippen LogP contribution < -0.4 is 9.47 Å². The van der Waals surface area contributed by atoms with Crippen molar-refractivity contribution in [3.8, 4) is 11.5 Å². The Kier molecular flexibility index (Phi) is 10.1. The standard InChI is InChI=1S/C37H49N3O3/c1-8-15-34(41)37(43-33-19-14-12-17-31(33)36(6,7)10-3)25-24-29(26-40(37)28-22-20-27(39-38)21-23-28)42-32-18-13-11-16-30(32)35(4,5)9-2/h11-14,16-23,28-29H,8-10,15,24-26H2,1-7H3. The van der Waals surface area contributed by atoms with Crippen molar-refractivity contribution in [1.29, 1.82) is 0 Å². The summed E-state index contributed by atoms with van der Waals surface area (Å²) in [6, 6.07) is 16.2. The third kappa shape index (κ3) is 6.87. The maximum absolute atomic E-state index is 14.3. The van der Waals surface area contributed by atoms with Gasteiger partial charge in [0.2, 0.25) is 5.72 Å². The van der Waals surface area contributed by atoms with Crippen LogP contribution in [0, 0.1) is 0 Å². The fraction of sp³-hybridized carbons (Fsp3) is 0.514. The number of nitrogens with zero attached hydrogens (tertiary/aromatic N) is 3. The molecule has 0 N–H and O–H groups in total. The lowest BCUT2D eigenvalue weighted by atomic mass is 9.81. The highest BCUT2D eigenvalue weighted by molar-refractivity contribution is 6.00. The Morgan fingerprint density at radius 2 is 1.49 bits per heavy atom. The number of para-hydroxylation sites is 2. The van der Waals surface area contributed by atoms with Gasteiger partial charge in [-0.15, -0.1) is 0 Å². The van der Waals surface area contributed by atoms with Crippen LogP contribution in [0.4, 0.5) is 0 Å². The Morgan fingerprint density at radius 1 is 0.930 bits per heavy atom. The Bertz CT molecular complexity index is 1390. The van der Waals surface area contributed by atoms with Crippen molar-refractivity contribution in [3.05, 3.63) is 89.5 Å². The normalized spacial score (nSPS) is 22.7. The van der Waals surface area contributed by atoms with Gasteiger partial charge in [-0.05, 0) is 59.8 Å². The molecule has 6 nitrogen and oxygen atoms in total. The molecule has 0 aromatic heterocycles. The van der Waals surface area contributed by atoms with Crippen LogP contribution in [0.5, 0.6) is 11.5 Å². The fourth-order valence-electron chi connectivity index (χ4n) is 6.08. The van der Waals surface area contributed by atoms with Crippen molar-refractivity contribution in [1.82, 2.24) is 4.90 Å². The predicted octanol–water partition coefficient (Wildman–Crippen LogP) is 8.21. The molecule has 2 aromatic carbocycles. The number of ketones is 1. The average Bonchev–Trinajstić information content (AvgIpc) is 3.02. The third-order valence-electron chi connectivity index (χ3n) is 9.56. The molecule has 6 heteroatoms. The van der Waals surface area contributed by atoms with Gasteiger partial charge in [-0.2, -0.15) is 4.79 Å². The van der Waals surface area contributed by atoms with Crippen LogP contribution in [0.1, 0.15) is 98.1 Å². The minimum absolute atomic E-state index is 0.0282. The molecule has 230 valence electrons. The summed E-state index contributed by atoms with van der Waals surface area (Å²) in [5, 5.41) is 0. The van der Waals surface area contributed by atoms with E-state index in [2.05, 4.69) is 75.5 Å². The second-order valence-electron chi connectivity index (χ2n) is 13.2. The first-order chi connectivity index (χ1) is 20.5. The van der Waals surface area contributed by atoms with E-state index in [-0.39, 0.29) is 28.8 Å². The molecule has 43 heavy (non-hydrogen) atoms. The number of hydrogen-bond donors (Lipinski definition) is 0. The summed E-state index contributed by atoms with van der Waals surface area (Å²) >= 11 is 0. The predicted molar refractivity (Wildman–Crippen MR) is 174 cm³/mol. The summed E-state index contributed by atoms with van der Waals surface area (Å²) in [6.07, 6.45) is 11.6. The van der Waals surface area contributed by atoms with Crippen LogP contribution in [-0.4, -0.2) is 45.6 Å². The molecule has 0 amide bonds. The van der Waals surface area contributed by atoms with Crippen LogP contribution >= 0.6 is 0 Å². The second-order valence-corrected chi connectivity index (χ2v) is 13.2. The first-order valence-corrected chi connectivity index (χ1v) is 15.9. The molecule has 2 aromatic rings. The van der Waals surface area contributed by atoms with E-state index in [4.69, 9.17) is 9.47 Å². The molecule has 0 spiro atoms. The molecule has 1 saturated heterocycles. The first kappa shape index (κ1) is 32.4. The van der Waals surface area contributed by atoms with Crippen LogP contribution in [-0.2, 0) is 15.6 Å². The van der Waals surface area contributed by atoms with Crippen molar-refractivity contribution in [3.63, 3.8) is 0 Å². The molecule has 1 heterocycles.